The van der Waals surface area contributed by atoms with Gasteiger partial charge in [0.15, 0.2) is 5.11 Å². The summed E-state index contributed by atoms with van der Waals surface area (Å²) in [5, 5.41) is 3.91. The number of thiocarbonyl (C=S) groups is 1. The third-order valence-corrected chi connectivity index (χ3v) is 5.85. The molecule has 5 nitrogen and oxygen atoms in total. The van der Waals surface area contributed by atoms with Crippen LogP contribution in [0, 0.1) is 5.92 Å². The molecule has 2 heterocycles. The van der Waals surface area contributed by atoms with Crippen LogP contribution in [0.1, 0.15) is 37.9 Å². The van der Waals surface area contributed by atoms with Gasteiger partial charge in [-0.3, -0.25) is 9.69 Å². The molecule has 0 saturated carbocycles. The first-order chi connectivity index (χ1) is 13.5. The Bertz CT molecular complexity index is 914. The van der Waals surface area contributed by atoms with Crippen LogP contribution < -0.4 is 15.0 Å². The van der Waals surface area contributed by atoms with Crippen molar-refractivity contribution >= 4 is 29.0 Å². The van der Waals surface area contributed by atoms with E-state index in [0.717, 1.165) is 23.4 Å². The average molecular weight is 397 g/mol. The second kappa shape index (κ2) is 7.09. The Kier molecular flexibility index (Phi) is 4.75. The zero-order valence-corrected chi connectivity index (χ0v) is 17.1. The molecule has 6 heteroatoms. The van der Waals surface area contributed by atoms with Crippen molar-refractivity contribution in [3.8, 4) is 5.75 Å². The molecule has 0 aliphatic carbocycles. The van der Waals surface area contributed by atoms with Crippen molar-refractivity contribution in [2.75, 3.05) is 11.5 Å². The number of nitrogens with one attached hydrogen (secondary N) is 1. The molecule has 0 unspecified atom stereocenters. The van der Waals surface area contributed by atoms with Crippen LogP contribution in [0.5, 0.6) is 5.75 Å². The fourth-order valence-electron chi connectivity index (χ4n) is 4.19. The number of benzene rings is 2. The number of anilines is 1. The fourth-order valence-corrected chi connectivity index (χ4v) is 4.61. The Balaban J connectivity index is 1.85. The van der Waals surface area contributed by atoms with Crippen LogP contribution >= 0.6 is 12.2 Å². The van der Waals surface area contributed by atoms with E-state index in [1.54, 1.807) is 0 Å². The highest BCUT2D eigenvalue weighted by Gasteiger charge is 2.59. The van der Waals surface area contributed by atoms with Crippen LogP contribution in [0.4, 0.5) is 5.69 Å². The fraction of sp³-hybridized carbons (Fsp3) is 0.364. The first-order valence-electron chi connectivity index (χ1n) is 9.63. The molecular weight excluding hydrogens is 372 g/mol. The molecule has 0 amide bonds. The summed E-state index contributed by atoms with van der Waals surface area (Å²) in [5.74, 6) is -0.115. The van der Waals surface area contributed by atoms with E-state index < -0.39 is 11.6 Å². The van der Waals surface area contributed by atoms with E-state index in [4.69, 9.17) is 21.7 Å². The van der Waals surface area contributed by atoms with Crippen LogP contribution in [0.3, 0.4) is 0 Å². The summed E-state index contributed by atoms with van der Waals surface area (Å²) in [7, 11) is 0. The van der Waals surface area contributed by atoms with Crippen LogP contribution in [-0.2, 0) is 16.0 Å². The number of carbonyl (C=O) groups is 1. The highest BCUT2D eigenvalue weighted by atomic mass is 32.1. The second-order valence-electron chi connectivity index (χ2n) is 7.21. The largest absolute Gasteiger partial charge is 0.466 e. The first kappa shape index (κ1) is 18.7. The number of esters is 1. The van der Waals surface area contributed by atoms with Crippen LogP contribution in [0.25, 0.3) is 0 Å². The molecule has 2 aliphatic rings. The summed E-state index contributed by atoms with van der Waals surface area (Å²) < 4.78 is 11.9. The summed E-state index contributed by atoms with van der Waals surface area (Å²) >= 11 is 5.71. The lowest BCUT2D eigenvalue weighted by molar-refractivity contribution is -0.159. The van der Waals surface area contributed by atoms with Gasteiger partial charge in [0.25, 0.3) is 0 Å². The number of carbonyl (C=O) groups excluding carboxylic acids is 1. The molecule has 28 heavy (non-hydrogen) atoms. The molecule has 1 saturated heterocycles. The standard InChI is InChI=1S/C22H24N2O3S/c1-4-14-10-12-15(13-11-14)24-21(28)23-19-16-8-6-7-9-17(16)27-22(24,3)18(19)20(25)26-5-2/h6-13,18-19H,4-5H2,1-3H3,(H,23,28)/t18-,19-,22+/m0/s1. The quantitative estimate of drug-likeness (QED) is 0.623. The Labute approximate surface area is 170 Å². The number of hydrogen-bond acceptors (Lipinski definition) is 4. The molecule has 0 radical (unpaired) electrons. The van der Waals surface area contributed by atoms with Gasteiger partial charge in [-0.15, -0.1) is 0 Å². The van der Waals surface area contributed by atoms with Crippen LogP contribution in [-0.4, -0.2) is 23.4 Å². The molecule has 146 valence electrons. The molecule has 2 aromatic carbocycles. The van der Waals surface area contributed by atoms with Gasteiger partial charge in [0.1, 0.15) is 11.7 Å². The van der Waals surface area contributed by atoms with E-state index in [0.29, 0.717) is 11.7 Å². The number of rotatable bonds is 4. The Morgan fingerprint density at radius 1 is 1.21 bits per heavy atom. The van der Waals surface area contributed by atoms with Gasteiger partial charge in [0.2, 0.25) is 5.72 Å². The highest BCUT2D eigenvalue weighted by molar-refractivity contribution is 7.80. The predicted octanol–water partition coefficient (Wildman–Crippen LogP) is 3.97. The van der Waals surface area contributed by atoms with E-state index in [1.165, 1.54) is 5.56 Å². The van der Waals surface area contributed by atoms with E-state index >= 15 is 0 Å². The molecule has 2 bridgehead atoms. The van der Waals surface area contributed by atoms with Crippen LogP contribution in [0.15, 0.2) is 48.5 Å². The topological polar surface area (TPSA) is 50.8 Å². The zero-order chi connectivity index (χ0) is 19.9. The number of hydrogen-bond donors (Lipinski definition) is 1. The average Bonchev–Trinajstić information content (AvgIpc) is 2.68. The first-order valence-corrected chi connectivity index (χ1v) is 10.0. The second-order valence-corrected chi connectivity index (χ2v) is 7.59. The molecular formula is C22H24N2O3S. The van der Waals surface area contributed by atoms with Crippen molar-refractivity contribution in [1.29, 1.82) is 0 Å². The predicted molar refractivity (Wildman–Crippen MR) is 112 cm³/mol. The maximum absolute atomic E-state index is 13.0. The number of aryl methyl sites for hydroxylation is 1. The third-order valence-electron chi connectivity index (χ3n) is 5.55. The summed E-state index contributed by atoms with van der Waals surface area (Å²) in [4.78, 5) is 14.9. The Morgan fingerprint density at radius 3 is 2.61 bits per heavy atom. The van der Waals surface area contributed by atoms with E-state index in [1.807, 2.05) is 55.1 Å². The third kappa shape index (κ3) is 2.83. The normalized spacial score (nSPS) is 25.4. The maximum Gasteiger partial charge on any atom is 0.317 e. The number of nitrogens with zero attached hydrogens (tertiary/aromatic N) is 1. The van der Waals surface area contributed by atoms with Crippen LogP contribution in [0.2, 0.25) is 0 Å². The highest BCUT2D eigenvalue weighted by Crippen LogP contribution is 2.49. The Morgan fingerprint density at radius 2 is 1.93 bits per heavy atom. The van der Waals surface area contributed by atoms with Crippen molar-refractivity contribution in [3.05, 3.63) is 59.7 Å². The molecule has 0 spiro atoms. The zero-order valence-electron chi connectivity index (χ0n) is 16.3. The van der Waals surface area contributed by atoms with E-state index in [2.05, 4.69) is 24.4 Å². The minimum atomic E-state index is -0.999. The number of para-hydroxylation sites is 1. The molecule has 2 aliphatic heterocycles. The summed E-state index contributed by atoms with van der Waals surface area (Å²) in [6.45, 7) is 6.16. The molecule has 1 fully saturated rings. The number of fused-ring (bicyclic) bond motifs is 4. The monoisotopic (exact) mass is 396 g/mol. The minimum absolute atomic E-state index is 0.297. The molecule has 4 rings (SSSR count). The SMILES string of the molecule is CCOC(=O)[C@@H]1[C@H]2NC(=S)N(c3ccc(CC)cc3)[C@]1(C)Oc1ccccc12. The van der Waals surface area contributed by atoms with Gasteiger partial charge in [-0.05, 0) is 56.2 Å². The van der Waals surface area contributed by atoms with Crippen molar-refractivity contribution < 1.29 is 14.3 Å². The summed E-state index contributed by atoms with van der Waals surface area (Å²) in [6, 6.07) is 15.6. The van der Waals surface area contributed by atoms with Crippen molar-refractivity contribution in [1.82, 2.24) is 5.32 Å². The lowest BCUT2D eigenvalue weighted by Crippen LogP contribution is -2.71. The molecule has 0 aromatic heterocycles. The number of ether oxygens (including phenoxy) is 2. The summed E-state index contributed by atoms with van der Waals surface area (Å²) in [6.07, 6.45) is 0.956. The van der Waals surface area contributed by atoms with Gasteiger partial charge >= 0.3 is 5.97 Å². The lowest BCUT2D eigenvalue weighted by atomic mass is 9.79. The van der Waals surface area contributed by atoms with E-state index in [-0.39, 0.29) is 12.0 Å². The summed E-state index contributed by atoms with van der Waals surface area (Å²) in [5.41, 5.74) is 2.03. The molecule has 3 atom stereocenters. The smallest absolute Gasteiger partial charge is 0.317 e. The van der Waals surface area contributed by atoms with Crippen molar-refractivity contribution in [2.45, 2.75) is 39.0 Å². The molecule has 1 N–H and O–H groups in total. The maximum atomic E-state index is 13.0. The van der Waals surface area contributed by atoms with Gasteiger partial charge in [-0.25, -0.2) is 0 Å². The van der Waals surface area contributed by atoms with Gasteiger partial charge in [-0.1, -0.05) is 37.3 Å². The van der Waals surface area contributed by atoms with Gasteiger partial charge in [0, 0.05) is 11.3 Å². The van der Waals surface area contributed by atoms with Gasteiger partial charge < -0.3 is 14.8 Å². The lowest BCUT2D eigenvalue weighted by Gasteiger charge is -2.55. The van der Waals surface area contributed by atoms with E-state index in [9.17, 15) is 4.79 Å². The Hall–Kier alpha value is -2.60. The van der Waals surface area contributed by atoms with Gasteiger partial charge in [0.05, 0.1) is 12.6 Å². The van der Waals surface area contributed by atoms with Crippen molar-refractivity contribution in [2.24, 2.45) is 5.92 Å². The van der Waals surface area contributed by atoms with Gasteiger partial charge in [-0.2, -0.15) is 0 Å². The minimum Gasteiger partial charge on any atom is -0.466 e. The van der Waals surface area contributed by atoms with Crippen molar-refractivity contribution in [3.63, 3.8) is 0 Å². The molecule has 2 aromatic rings.